The molecule has 0 N–H and O–H groups in total. The van der Waals surface area contributed by atoms with Gasteiger partial charge in [-0.1, -0.05) is 41.4 Å². The number of carbonyl (C=O) groups is 1. The van der Waals surface area contributed by atoms with Crippen LogP contribution in [0.5, 0.6) is 0 Å². The van der Waals surface area contributed by atoms with Gasteiger partial charge in [0, 0.05) is 6.42 Å². The third-order valence-corrected chi connectivity index (χ3v) is 4.93. The van der Waals surface area contributed by atoms with Gasteiger partial charge in [-0.2, -0.15) is 0 Å². The third-order valence-electron chi connectivity index (χ3n) is 3.05. The fraction of sp³-hybridized carbons (Fsp3) is 0.125. The Morgan fingerprint density at radius 2 is 1.91 bits per heavy atom. The fourth-order valence-corrected chi connectivity index (χ4v) is 3.35. The van der Waals surface area contributed by atoms with Gasteiger partial charge >= 0.3 is 5.97 Å². The van der Waals surface area contributed by atoms with Crippen LogP contribution in [0.3, 0.4) is 0 Å². The predicted molar refractivity (Wildman–Crippen MR) is 90.1 cm³/mol. The van der Waals surface area contributed by atoms with Crippen LogP contribution in [0.2, 0.25) is 10.0 Å². The number of rotatable bonds is 4. The lowest BCUT2D eigenvalue weighted by molar-refractivity contribution is 0.0509. The van der Waals surface area contributed by atoms with Crippen molar-refractivity contribution in [1.82, 2.24) is 4.98 Å². The summed E-state index contributed by atoms with van der Waals surface area (Å²) in [5.41, 5.74) is 1.24. The Hall–Kier alpha value is -1.62. The van der Waals surface area contributed by atoms with Crippen LogP contribution in [0.4, 0.5) is 0 Å². The molecule has 2 aromatic carbocycles. The molecule has 0 aliphatic heterocycles. The molecular weight excluding hydrogens is 341 g/mol. The van der Waals surface area contributed by atoms with E-state index in [1.807, 2.05) is 12.1 Å². The van der Waals surface area contributed by atoms with Gasteiger partial charge < -0.3 is 4.74 Å². The average Bonchev–Trinajstić information content (AvgIpc) is 2.95. The highest BCUT2D eigenvalue weighted by molar-refractivity contribution is 7.18. The van der Waals surface area contributed by atoms with Gasteiger partial charge in [0.1, 0.15) is 5.52 Å². The largest absolute Gasteiger partial charge is 0.462 e. The molecule has 0 aliphatic rings. The number of thiazole rings is 1. The molecule has 22 heavy (non-hydrogen) atoms. The maximum absolute atomic E-state index is 11.8. The van der Waals surface area contributed by atoms with Crippen molar-refractivity contribution < 1.29 is 9.53 Å². The van der Waals surface area contributed by atoms with E-state index >= 15 is 0 Å². The quantitative estimate of drug-likeness (QED) is 0.620. The first-order valence-corrected chi connectivity index (χ1v) is 8.18. The summed E-state index contributed by atoms with van der Waals surface area (Å²) in [5, 5.41) is 1.81. The molecule has 0 aliphatic carbocycles. The van der Waals surface area contributed by atoms with E-state index in [2.05, 4.69) is 4.98 Å². The zero-order chi connectivity index (χ0) is 15.5. The lowest BCUT2D eigenvalue weighted by Crippen LogP contribution is -2.07. The van der Waals surface area contributed by atoms with Crippen molar-refractivity contribution in [1.29, 1.82) is 0 Å². The molecule has 0 saturated carbocycles. The second-order valence-electron chi connectivity index (χ2n) is 4.57. The predicted octanol–water partition coefficient (Wildman–Crippen LogP) is 5.00. The number of hydrogen-bond donors (Lipinski definition) is 0. The minimum atomic E-state index is -0.331. The summed E-state index contributed by atoms with van der Waals surface area (Å²) in [6.45, 7) is 0.277. The number of hydrogen-bond acceptors (Lipinski definition) is 4. The maximum atomic E-state index is 11.8. The van der Waals surface area contributed by atoms with Gasteiger partial charge in [0.2, 0.25) is 0 Å². The van der Waals surface area contributed by atoms with E-state index < -0.39 is 0 Å². The van der Waals surface area contributed by atoms with Crippen molar-refractivity contribution >= 4 is 50.7 Å². The van der Waals surface area contributed by atoms with Gasteiger partial charge in [-0.05, 0) is 24.3 Å². The second kappa shape index (κ2) is 6.65. The molecular formula is C16H11Cl2NO2S. The molecule has 0 saturated heterocycles. The number of benzene rings is 2. The SMILES string of the molecule is O=C(OCCc1nc2c(Cl)c(Cl)ccc2s1)c1ccccc1. The Labute approximate surface area is 141 Å². The molecule has 0 unspecified atom stereocenters. The van der Waals surface area contributed by atoms with Crippen LogP contribution in [0.1, 0.15) is 15.4 Å². The zero-order valence-corrected chi connectivity index (χ0v) is 13.7. The topological polar surface area (TPSA) is 39.2 Å². The lowest BCUT2D eigenvalue weighted by atomic mass is 10.2. The van der Waals surface area contributed by atoms with Crippen LogP contribution in [0.25, 0.3) is 10.2 Å². The molecule has 0 bridgehead atoms. The standard InChI is InChI=1S/C16H11Cl2NO2S/c17-11-6-7-12-15(14(11)18)19-13(22-12)8-9-21-16(20)10-4-2-1-3-5-10/h1-7H,8-9H2. The van der Waals surface area contributed by atoms with Crippen LogP contribution in [-0.4, -0.2) is 17.6 Å². The summed E-state index contributed by atoms with van der Waals surface area (Å²) in [6, 6.07) is 12.5. The van der Waals surface area contributed by atoms with Crippen LogP contribution in [-0.2, 0) is 11.2 Å². The number of halogens is 2. The van der Waals surface area contributed by atoms with E-state index in [0.29, 0.717) is 27.5 Å². The van der Waals surface area contributed by atoms with E-state index in [-0.39, 0.29) is 12.6 Å². The molecule has 3 aromatic rings. The van der Waals surface area contributed by atoms with Gasteiger partial charge in [-0.3, -0.25) is 0 Å². The summed E-state index contributed by atoms with van der Waals surface area (Å²) in [5.74, 6) is -0.331. The highest BCUT2D eigenvalue weighted by Gasteiger charge is 2.11. The smallest absolute Gasteiger partial charge is 0.338 e. The molecule has 3 rings (SSSR count). The van der Waals surface area contributed by atoms with E-state index in [9.17, 15) is 4.79 Å². The molecule has 0 radical (unpaired) electrons. The van der Waals surface area contributed by atoms with Gasteiger partial charge in [-0.25, -0.2) is 9.78 Å². The molecule has 0 fully saturated rings. The maximum Gasteiger partial charge on any atom is 0.338 e. The molecule has 3 nitrogen and oxygen atoms in total. The minimum Gasteiger partial charge on any atom is -0.462 e. The Bertz CT molecular complexity index is 818. The summed E-state index contributed by atoms with van der Waals surface area (Å²) in [7, 11) is 0. The van der Waals surface area contributed by atoms with Crippen molar-refractivity contribution in [3.63, 3.8) is 0 Å². The van der Waals surface area contributed by atoms with Crippen molar-refractivity contribution in [2.45, 2.75) is 6.42 Å². The van der Waals surface area contributed by atoms with E-state index in [0.717, 1.165) is 9.71 Å². The third kappa shape index (κ3) is 3.24. The van der Waals surface area contributed by atoms with E-state index in [1.165, 1.54) is 11.3 Å². The van der Waals surface area contributed by atoms with Crippen molar-refractivity contribution in [3.05, 3.63) is 63.1 Å². The van der Waals surface area contributed by atoms with Crippen LogP contribution < -0.4 is 0 Å². The molecule has 0 amide bonds. The van der Waals surface area contributed by atoms with Gasteiger partial charge in [0.05, 0.1) is 31.9 Å². The molecule has 0 atom stereocenters. The van der Waals surface area contributed by atoms with E-state index in [1.54, 1.807) is 30.3 Å². The molecule has 6 heteroatoms. The Morgan fingerprint density at radius 1 is 1.14 bits per heavy atom. The van der Waals surface area contributed by atoms with Crippen molar-refractivity contribution in [2.24, 2.45) is 0 Å². The van der Waals surface area contributed by atoms with Crippen LogP contribution in [0, 0.1) is 0 Å². The van der Waals surface area contributed by atoms with E-state index in [4.69, 9.17) is 27.9 Å². The Kier molecular flexibility index (Phi) is 4.62. The second-order valence-corrected chi connectivity index (χ2v) is 6.47. The lowest BCUT2D eigenvalue weighted by Gasteiger charge is -2.02. The normalized spacial score (nSPS) is 10.8. The number of carbonyl (C=O) groups excluding carboxylic acids is 1. The van der Waals surface area contributed by atoms with Crippen LogP contribution >= 0.6 is 34.5 Å². The van der Waals surface area contributed by atoms with Crippen LogP contribution in [0.15, 0.2) is 42.5 Å². The Morgan fingerprint density at radius 3 is 2.68 bits per heavy atom. The molecule has 1 heterocycles. The summed E-state index contributed by atoms with van der Waals surface area (Å²) >= 11 is 13.6. The Balaban J connectivity index is 1.65. The summed E-state index contributed by atoms with van der Waals surface area (Å²) in [4.78, 5) is 16.3. The first-order valence-electron chi connectivity index (χ1n) is 6.61. The number of nitrogens with zero attached hydrogens (tertiary/aromatic N) is 1. The first-order chi connectivity index (χ1) is 10.6. The number of esters is 1. The van der Waals surface area contributed by atoms with Gasteiger partial charge in [0.25, 0.3) is 0 Å². The molecule has 1 aromatic heterocycles. The summed E-state index contributed by atoms with van der Waals surface area (Å²) in [6.07, 6.45) is 0.547. The van der Waals surface area contributed by atoms with Gasteiger partial charge in [0.15, 0.2) is 0 Å². The fourth-order valence-electron chi connectivity index (χ4n) is 1.98. The number of aromatic nitrogens is 1. The summed E-state index contributed by atoms with van der Waals surface area (Å²) < 4.78 is 6.22. The highest BCUT2D eigenvalue weighted by Crippen LogP contribution is 2.33. The zero-order valence-electron chi connectivity index (χ0n) is 11.4. The molecule has 0 spiro atoms. The van der Waals surface area contributed by atoms with Crippen molar-refractivity contribution in [3.8, 4) is 0 Å². The monoisotopic (exact) mass is 351 g/mol. The molecule has 112 valence electrons. The first kappa shape index (κ1) is 15.3. The highest BCUT2D eigenvalue weighted by atomic mass is 35.5. The average molecular weight is 352 g/mol. The minimum absolute atomic E-state index is 0.277. The van der Waals surface area contributed by atoms with Gasteiger partial charge in [-0.15, -0.1) is 11.3 Å². The number of fused-ring (bicyclic) bond motifs is 1. The van der Waals surface area contributed by atoms with Crippen molar-refractivity contribution in [2.75, 3.05) is 6.61 Å². The number of ether oxygens (including phenoxy) is 1.